The Morgan fingerprint density at radius 3 is 2.57 bits per heavy atom. The molecule has 1 unspecified atom stereocenters. The highest BCUT2D eigenvalue weighted by molar-refractivity contribution is 9.10. The van der Waals surface area contributed by atoms with Crippen molar-refractivity contribution in [3.05, 3.63) is 57.2 Å². The number of carboxylic acid groups (broad SMARTS) is 1. The van der Waals surface area contributed by atoms with Crippen molar-refractivity contribution in [3.63, 3.8) is 0 Å². The van der Waals surface area contributed by atoms with E-state index in [0.717, 1.165) is 5.56 Å². The van der Waals surface area contributed by atoms with Gasteiger partial charge in [0.2, 0.25) is 0 Å². The molecule has 0 saturated heterocycles. The van der Waals surface area contributed by atoms with E-state index in [-0.39, 0.29) is 11.6 Å². The molecule has 0 aliphatic heterocycles. The summed E-state index contributed by atoms with van der Waals surface area (Å²) < 4.78 is 0.635. The van der Waals surface area contributed by atoms with Crippen LogP contribution in [-0.4, -0.2) is 23.1 Å². The van der Waals surface area contributed by atoms with Gasteiger partial charge >= 0.3 is 5.97 Å². The predicted octanol–water partition coefficient (Wildman–Crippen LogP) is 4.39. The van der Waals surface area contributed by atoms with E-state index in [1.807, 2.05) is 43.1 Å². The fraction of sp³-hybridized carbons (Fsp3) is 0.200. The Bertz CT molecular complexity index is 661. The van der Waals surface area contributed by atoms with Crippen LogP contribution in [0.25, 0.3) is 0 Å². The Morgan fingerprint density at radius 2 is 2.00 bits per heavy atom. The molecule has 1 N–H and O–H groups in total. The van der Waals surface area contributed by atoms with E-state index in [1.165, 1.54) is 0 Å². The van der Waals surface area contributed by atoms with E-state index in [9.17, 15) is 9.90 Å². The number of aromatic carboxylic acids is 1. The monoisotopic (exact) mass is 368 g/mol. The summed E-state index contributed by atoms with van der Waals surface area (Å²) in [5.74, 6) is -0.581. The standard InChI is InChI=1S/C15H14BrClN2O2/c1-9(10-3-5-12(17)6-4-10)19(2)14-13(15(20)21)7-11(16)8-18-14/h3-9H,1-2H3,(H,20,21). The van der Waals surface area contributed by atoms with E-state index >= 15 is 0 Å². The molecule has 1 aromatic heterocycles. The van der Waals surface area contributed by atoms with Crippen molar-refractivity contribution < 1.29 is 9.90 Å². The molecule has 110 valence electrons. The lowest BCUT2D eigenvalue weighted by atomic mass is 10.1. The van der Waals surface area contributed by atoms with Crippen molar-refractivity contribution in [1.82, 2.24) is 4.98 Å². The van der Waals surface area contributed by atoms with Crippen LogP contribution in [0.4, 0.5) is 5.82 Å². The topological polar surface area (TPSA) is 53.4 Å². The summed E-state index contributed by atoms with van der Waals surface area (Å²) in [6.07, 6.45) is 1.59. The zero-order chi connectivity index (χ0) is 15.6. The number of anilines is 1. The number of aromatic nitrogens is 1. The molecule has 0 saturated carbocycles. The zero-order valence-corrected chi connectivity index (χ0v) is 13.9. The first kappa shape index (κ1) is 15.8. The van der Waals surface area contributed by atoms with Crippen molar-refractivity contribution >= 4 is 39.3 Å². The minimum Gasteiger partial charge on any atom is -0.478 e. The molecule has 1 heterocycles. The Kier molecular flexibility index (Phi) is 4.85. The number of nitrogens with zero attached hydrogens (tertiary/aromatic N) is 2. The Morgan fingerprint density at radius 1 is 1.38 bits per heavy atom. The summed E-state index contributed by atoms with van der Waals surface area (Å²) in [7, 11) is 1.82. The summed E-state index contributed by atoms with van der Waals surface area (Å²) in [5.41, 5.74) is 1.19. The van der Waals surface area contributed by atoms with Crippen molar-refractivity contribution in [2.75, 3.05) is 11.9 Å². The number of carboxylic acids is 1. The van der Waals surface area contributed by atoms with Crippen LogP contribution in [0.2, 0.25) is 5.02 Å². The average Bonchev–Trinajstić information content (AvgIpc) is 2.46. The molecule has 0 bridgehead atoms. The molecule has 6 heteroatoms. The lowest BCUT2D eigenvalue weighted by molar-refractivity contribution is 0.0697. The maximum atomic E-state index is 11.4. The number of hydrogen-bond acceptors (Lipinski definition) is 3. The molecule has 1 aromatic carbocycles. The quantitative estimate of drug-likeness (QED) is 0.868. The van der Waals surface area contributed by atoms with Crippen LogP contribution in [0.5, 0.6) is 0 Å². The van der Waals surface area contributed by atoms with Crippen molar-refractivity contribution in [2.45, 2.75) is 13.0 Å². The highest BCUT2D eigenvalue weighted by Crippen LogP contribution is 2.28. The van der Waals surface area contributed by atoms with Crippen molar-refractivity contribution in [1.29, 1.82) is 0 Å². The van der Waals surface area contributed by atoms with Crippen LogP contribution in [0.15, 0.2) is 41.0 Å². The lowest BCUT2D eigenvalue weighted by Crippen LogP contribution is -2.25. The van der Waals surface area contributed by atoms with Gasteiger partial charge in [0.15, 0.2) is 0 Å². The van der Waals surface area contributed by atoms with E-state index < -0.39 is 5.97 Å². The van der Waals surface area contributed by atoms with Gasteiger partial charge in [0, 0.05) is 22.7 Å². The van der Waals surface area contributed by atoms with E-state index in [1.54, 1.807) is 12.3 Å². The molecule has 0 amide bonds. The van der Waals surface area contributed by atoms with Gasteiger partial charge < -0.3 is 10.0 Å². The molecular formula is C15H14BrClN2O2. The first-order valence-electron chi connectivity index (χ1n) is 6.27. The lowest BCUT2D eigenvalue weighted by Gasteiger charge is -2.27. The summed E-state index contributed by atoms with van der Waals surface area (Å²) >= 11 is 9.13. The Labute approximate surface area is 136 Å². The van der Waals surface area contributed by atoms with Crippen LogP contribution in [0, 0.1) is 0 Å². The van der Waals surface area contributed by atoms with Gasteiger partial charge in [-0.1, -0.05) is 23.7 Å². The van der Waals surface area contributed by atoms with E-state index in [4.69, 9.17) is 11.6 Å². The van der Waals surface area contributed by atoms with Crippen molar-refractivity contribution in [2.24, 2.45) is 0 Å². The molecule has 0 fully saturated rings. The van der Waals surface area contributed by atoms with Crippen LogP contribution in [-0.2, 0) is 0 Å². The molecular weight excluding hydrogens is 356 g/mol. The SMILES string of the molecule is CC(c1ccc(Cl)cc1)N(C)c1ncc(Br)cc1C(=O)O. The van der Waals surface area contributed by atoms with Gasteiger partial charge in [0.1, 0.15) is 11.4 Å². The average molecular weight is 370 g/mol. The second-order valence-electron chi connectivity index (χ2n) is 4.67. The fourth-order valence-electron chi connectivity index (χ4n) is 2.02. The maximum absolute atomic E-state index is 11.4. The number of halogens is 2. The van der Waals surface area contributed by atoms with Gasteiger partial charge in [-0.25, -0.2) is 9.78 Å². The number of hydrogen-bond donors (Lipinski definition) is 1. The highest BCUT2D eigenvalue weighted by atomic mass is 79.9. The number of carbonyl (C=O) groups is 1. The van der Waals surface area contributed by atoms with Crippen molar-refractivity contribution in [3.8, 4) is 0 Å². The van der Waals surface area contributed by atoms with Crippen LogP contribution in [0.1, 0.15) is 28.9 Å². The van der Waals surface area contributed by atoms with Gasteiger partial charge in [0.25, 0.3) is 0 Å². The van der Waals surface area contributed by atoms with E-state index in [0.29, 0.717) is 15.3 Å². The normalized spacial score (nSPS) is 12.0. The number of benzene rings is 1. The van der Waals surface area contributed by atoms with Crippen LogP contribution < -0.4 is 4.90 Å². The smallest absolute Gasteiger partial charge is 0.339 e. The summed E-state index contributed by atoms with van der Waals surface area (Å²) in [5, 5.41) is 9.99. The summed E-state index contributed by atoms with van der Waals surface area (Å²) in [4.78, 5) is 17.4. The molecule has 0 aliphatic carbocycles. The predicted molar refractivity (Wildman–Crippen MR) is 87.2 cm³/mol. The molecule has 0 radical (unpaired) electrons. The van der Waals surface area contributed by atoms with E-state index in [2.05, 4.69) is 20.9 Å². The third-order valence-electron chi connectivity index (χ3n) is 3.33. The first-order chi connectivity index (χ1) is 9.90. The number of rotatable bonds is 4. The minimum absolute atomic E-state index is 0.0333. The molecule has 1 atom stereocenters. The molecule has 4 nitrogen and oxygen atoms in total. The third kappa shape index (κ3) is 3.54. The highest BCUT2D eigenvalue weighted by Gasteiger charge is 2.20. The molecule has 0 aliphatic rings. The number of pyridine rings is 1. The second-order valence-corrected chi connectivity index (χ2v) is 6.02. The zero-order valence-electron chi connectivity index (χ0n) is 11.5. The van der Waals surface area contributed by atoms with Gasteiger partial charge in [-0.05, 0) is 46.6 Å². The molecule has 2 rings (SSSR count). The van der Waals surface area contributed by atoms with Gasteiger partial charge in [-0.3, -0.25) is 0 Å². The van der Waals surface area contributed by atoms with Crippen LogP contribution in [0.3, 0.4) is 0 Å². The van der Waals surface area contributed by atoms with Gasteiger partial charge in [-0.2, -0.15) is 0 Å². The Hall–Kier alpha value is -1.59. The third-order valence-corrected chi connectivity index (χ3v) is 4.02. The fourth-order valence-corrected chi connectivity index (χ4v) is 2.48. The largest absolute Gasteiger partial charge is 0.478 e. The van der Waals surface area contributed by atoms with Gasteiger partial charge in [-0.15, -0.1) is 0 Å². The molecule has 2 aromatic rings. The molecule has 0 spiro atoms. The Balaban J connectivity index is 2.37. The van der Waals surface area contributed by atoms with Crippen LogP contribution >= 0.6 is 27.5 Å². The van der Waals surface area contributed by atoms with Gasteiger partial charge in [0.05, 0.1) is 6.04 Å². The second kappa shape index (κ2) is 6.45. The first-order valence-corrected chi connectivity index (χ1v) is 7.44. The summed E-state index contributed by atoms with van der Waals surface area (Å²) in [6, 6.07) is 8.98. The minimum atomic E-state index is -1.01. The summed E-state index contributed by atoms with van der Waals surface area (Å²) in [6.45, 7) is 1.98. The maximum Gasteiger partial charge on any atom is 0.339 e. The molecule has 21 heavy (non-hydrogen) atoms.